The molecule has 0 spiro atoms. The van der Waals surface area contributed by atoms with E-state index in [0.29, 0.717) is 53.1 Å². The highest BCUT2D eigenvalue weighted by Gasteiger charge is 2.40. The summed E-state index contributed by atoms with van der Waals surface area (Å²) < 4.78 is 11.3. The number of anilines is 1. The monoisotopic (exact) mass is 622 g/mol. The van der Waals surface area contributed by atoms with Crippen molar-refractivity contribution in [3.05, 3.63) is 88.1 Å². The van der Waals surface area contributed by atoms with Crippen molar-refractivity contribution in [1.29, 1.82) is 0 Å². The second-order valence-electron chi connectivity index (χ2n) is 12.0. The minimum Gasteiger partial charge on any atom is -0.493 e. The number of methoxy groups -OCH3 is 1. The first kappa shape index (κ1) is 29.2. The molecule has 2 amide bonds. The zero-order valence-corrected chi connectivity index (χ0v) is 25.7. The molecule has 0 radical (unpaired) electrons. The lowest BCUT2D eigenvalue weighted by molar-refractivity contribution is 0.0594. The van der Waals surface area contributed by atoms with Crippen LogP contribution in [0.1, 0.15) is 68.1 Å². The van der Waals surface area contributed by atoms with Gasteiger partial charge in [0.05, 0.1) is 13.7 Å². The third-order valence-corrected chi connectivity index (χ3v) is 10.3. The van der Waals surface area contributed by atoms with Gasteiger partial charge in [0.15, 0.2) is 5.69 Å². The number of carbonyl (C=O) groups excluding carboxylic acids is 3. The zero-order valence-electron chi connectivity index (χ0n) is 24.9. The van der Waals surface area contributed by atoms with Crippen LogP contribution in [-0.2, 0) is 17.7 Å². The number of esters is 1. The Labute approximate surface area is 265 Å². The van der Waals surface area contributed by atoms with Gasteiger partial charge in [-0.1, -0.05) is 18.6 Å². The van der Waals surface area contributed by atoms with E-state index in [4.69, 9.17) is 15.2 Å². The molecule has 3 heterocycles. The van der Waals surface area contributed by atoms with Crippen molar-refractivity contribution >= 4 is 34.8 Å². The number of pyridine rings is 1. The largest absolute Gasteiger partial charge is 0.493 e. The van der Waals surface area contributed by atoms with Gasteiger partial charge < -0.3 is 25.8 Å². The third-order valence-electron chi connectivity index (χ3n) is 9.28. The van der Waals surface area contributed by atoms with E-state index < -0.39 is 5.97 Å². The molecule has 3 atom stereocenters. The molecule has 45 heavy (non-hydrogen) atoms. The molecule has 230 valence electrons. The predicted molar refractivity (Wildman–Crippen MR) is 173 cm³/mol. The number of fused-ring (bicyclic) bond motifs is 5. The van der Waals surface area contributed by atoms with Gasteiger partial charge in [0, 0.05) is 51.8 Å². The highest BCUT2D eigenvalue weighted by molar-refractivity contribution is 7.13. The first-order valence-electron chi connectivity index (χ1n) is 15.3. The van der Waals surface area contributed by atoms with Crippen LogP contribution in [0, 0.1) is 11.8 Å². The second kappa shape index (κ2) is 12.1. The number of hydrogen-bond donors (Lipinski definition) is 3. The Hall–Kier alpha value is -4.54. The number of hydrogen-bond acceptors (Lipinski definition) is 8. The fourth-order valence-corrected chi connectivity index (χ4v) is 7.95. The molecular weight excluding hydrogens is 588 g/mol. The number of nitrogens with one attached hydrogen (secondary N) is 2. The van der Waals surface area contributed by atoms with Gasteiger partial charge in [-0.2, -0.15) is 0 Å². The van der Waals surface area contributed by atoms with Crippen LogP contribution in [0.15, 0.2) is 60.0 Å². The number of ether oxygens (including phenoxy) is 2. The molecule has 7 rings (SSSR count). The molecule has 2 bridgehead atoms. The molecule has 2 aliphatic carbocycles. The summed E-state index contributed by atoms with van der Waals surface area (Å²) in [4.78, 5) is 46.0. The summed E-state index contributed by atoms with van der Waals surface area (Å²) in [5.41, 5.74) is 10.5. The second-order valence-corrected chi connectivity index (χ2v) is 12.9. The summed E-state index contributed by atoms with van der Waals surface area (Å²) >= 11 is 1.59. The van der Waals surface area contributed by atoms with Crippen LogP contribution in [0.25, 0.3) is 21.6 Å². The lowest BCUT2D eigenvalue weighted by Gasteiger charge is -2.23. The minimum atomic E-state index is -0.709. The van der Waals surface area contributed by atoms with Crippen molar-refractivity contribution in [2.75, 3.05) is 19.0 Å². The molecular formula is C35H34N4O5S. The van der Waals surface area contributed by atoms with Crippen molar-refractivity contribution in [1.82, 2.24) is 10.3 Å². The van der Waals surface area contributed by atoms with Crippen molar-refractivity contribution in [2.24, 2.45) is 17.6 Å². The van der Waals surface area contributed by atoms with Gasteiger partial charge in [-0.15, -0.1) is 11.3 Å². The van der Waals surface area contributed by atoms with Crippen LogP contribution in [0.5, 0.6) is 5.75 Å². The summed E-state index contributed by atoms with van der Waals surface area (Å²) in [6, 6.07) is 16.4. The quantitative estimate of drug-likeness (QED) is 0.221. The molecule has 1 aliphatic heterocycles. The Bertz CT molecular complexity index is 1800. The maximum atomic E-state index is 14.0. The summed E-state index contributed by atoms with van der Waals surface area (Å²) in [7, 11) is 1.27. The number of rotatable bonds is 7. The first-order valence-corrected chi connectivity index (χ1v) is 16.2. The fraction of sp³-hybridized carbons (Fsp3) is 0.314. The number of aromatic nitrogens is 1. The summed E-state index contributed by atoms with van der Waals surface area (Å²) in [6.07, 6.45) is 5.22. The normalized spacial score (nSPS) is 19.6. The van der Waals surface area contributed by atoms with Crippen molar-refractivity contribution in [3.8, 4) is 27.3 Å². The third kappa shape index (κ3) is 5.60. The van der Waals surface area contributed by atoms with Gasteiger partial charge in [0.1, 0.15) is 11.4 Å². The van der Waals surface area contributed by atoms with Crippen molar-refractivity contribution in [3.63, 3.8) is 0 Å². The summed E-state index contributed by atoms with van der Waals surface area (Å²) in [6.45, 7) is 0.866. The van der Waals surface area contributed by atoms with E-state index in [1.807, 2.05) is 23.6 Å². The topological polar surface area (TPSA) is 133 Å². The molecule has 2 fully saturated rings. The Morgan fingerprint density at radius 2 is 1.84 bits per heavy atom. The maximum Gasteiger partial charge on any atom is 0.357 e. The maximum absolute atomic E-state index is 14.0. The molecule has 4 aromatic rings. The van der Waals surface area contributed by atoms with Crippen LogP contribution in [0.2, 0.25) is 0 Å². The molecule has 9 nitrogen and oxygen atoms in total. The average Bonchev–Trinajstić information content (AvgIpc) is 3.80. The highest BCUT2D eigenvalue weighted by Crippen LogP contribution is 2.45. The van der Waals surface area contributed by atoms with E-state index in [9.17, 15) is 14.4 Å². The number of benzene rings is 2. The van der Waals surface area contributed by atoms with E-state index in [-0.39, 0.29) is 29.2 Å². The van der Waals surface area contributed by atoms with Gasteiger partial charge >= 0.3 is 5.97 Å². The van der Waals surface area contributed by atoms with Crippen LogP contribution in [0.3, 0.4) is 0 Å². The lowest BCUT2D eigenvalue weighted by atomic mass is 9.93. The zero-order chi connectivity index (χ0) is 31.1. The van der Waals surface area contributed by atoms with Gasteiger partial charge in [0.25, 0.3) is 11.8 Å². The van der Waals surface area contributed by atoms with Crippen LogP contribution in [0.4, 0.5) is 5.69 Å². The van der Waals surface area contributed by atoms with E-state index in [1.54, 1.807) is 41.7 Å². The van der Waals surface area contributed by atoms with Gasteiger partial charge in [-0.3, -0.25) is 9.59 Å². The van der Waals surface area contributed by atoms with Crippen LogP contribution in [-0.4, -0.2) is 42.5 Å². The number of thiophene rings is 1. The Balaban J connectivity index is 1.31. The molecule has 10 heteroatoms. The van der Waals surface area contributed by atoms with Gasteiger partial charge in [-0.05, 0) is 90.1 Å². The van der Waals surface area contributed by atoms with Crippen LogP contribution < -0.4 is 21.1 Å². The molecule has 2 saturated carbocycles. The number of carbonyl (C=O) groups is 3. The van der Waals surface area contributed by atoms with Crippen LogP contribution >= 0.6 is 11.3 Å². The SMILES string of the molecule is COC(=O)c1nc(C(=O)N[C@H]2C[C@@H]3CC[C@H]2C3)ccc1-c1cc2c(cc1C(=O)Nc1ccc(CN)cc1)-c1sccc1CCO2. The average molecular weight is 623 g/mol. The summed E-state index contributed by atoms with van der Waals surface area (Å²) in [5.74, 6) is 0.367. The predicted octanol–water partition coefficient (Wildman–Crippen LogP) is 5.83. The Morgan fingerprint density at radius 1 is 1.00 bits per heavy atom. The number of amides is 2. The Kier molecular flexibility index (Phi) is 7.85. The minimum absolute atomic E-state index is 0.0511. The molecule has 3 aliphatic rings. The number of nitrogens with two attached hydrogens (primary N) is 1. The molecule has 4 N–H and O–H groups in total. The molecule has 0 saturated heterocycles. The van der Waals surface area contributed by atoms with E-state index in [2.05, 4.69) is 21.7 Å². The summed E-state index contributed by atoms with van der Waals surface area (Å²) in [5, 5.41) is 8.17. The molecule has 0 unspecified atom stereocenters. The molecule has 2 aromatic heterocycles. The fourth-order valence-electron chi connectivity index (χ4n) is 6.97. The lowest BCUT2D eigenvalue weighted by Crippen LogP contribution is -2.39. The Morgan fingerprint density at radius 3 is 2.58 bits per heavy atom. The van der Waals surface area contributed by atoms with E-state index >= 15 is 0 Å². The van der Waals surface area contributed by atoms with Crippen molar-refractivity contribution < 1.29 is 23.9 Å². The van der Waals surface area contributed by atoms with Crippen molar-refractivity contribution in [2.45, 2.75) is 44.7 Å². The standard InChI is InChI=1S/C35H34N4O5S/c1-43-35(42)31-24(8-9-28(38-31)34(41)39-29-15-20-2-5-22(29)14-20)25-17-30-27(32-21(10-12-44-30)11-13-45-32)16-26(25)33(40)37-23-6-3-19(18-36)4-7-23/h3-4,6-9,11,13,16-17,20,22,29H,2,5,10,12,14-15,18,36H2,1H3,(H,37,40)(H,39,41)/t20-,22+,29+/m1/s1. The highest BCUT2D eigenvalue weighted by atomic mass is 32.1. The van der Waals surface area contributed by atoms with E-state index in [1.165, 1.54) is 13.5 Å². The smallest absolute Gasteiger partial charge is 0.357 e. The number of nitrogens with zero attached hydrogens (tertiary/aromatic N) is 1. The first-order chi connectivity index (χ1) is 21.9. The van der Waals surface area contributed by atoms with Gasteiger partial charge in [-0.25, -0.2) is 9.78 Å². The molecule has 2 aromatic carbocycles. The van der Waals surface area contributed by atoms with Gasteiger partial charge in [0.2, 0.25) is 0 Å². The van der Waals surface area contributed by atoms with E-state index in [0.717, 1.165) is 47.3 Å².